The van der Waals surface area contributed by atoms with Gasteiger partial charge < -0.3 is 10.1 Å². The van der Waals surface area contributed by atoms with E-state index in [9.17, 15) is 27.6 Å². The third-order valence-corrected chi connectivity index (χ3v) is 5.67. The Morgan fingerprint density at radius 3 is 2.61 bits per heavy atom. The van der Waals surface area contributed by atoms with Gasteiger partial charge in [-0.2, -0.15) is 13.2 Å². The first-order valence-corrected chi connectivity index (χ1v) is 10.9. The summed E-state index contributed by atoms with van der Waals surface area (Å²) in [6.45, 7) is 1.36. The number of nitrogens with one attached hydrogen (secondary N) is 1. The molecule has 1 aliphatic rings. The highest BCUT2D eigenvalue weighted by molar-refractivity contribution is 8.18. The van der Waals surface area contributed by atoms with Gasteiger partial charge in [-0.05, 0) is 55.1 Å². The van der Waals surface area contributed by atoms with Gasteiger partial charge in [-0.3, -0.25) is 19.3 Å². The maximum Gasteiger partial charge on any atom is 0.416 e. The van der Waals surface area contributed by atoms with Crippen LogP contribution in [0.5, 0.6) is 5.75 Å². The van der Waals surface area contributed by atoms with Gasteiger partial charge in [-0.15, -0.1) is 0 Å². The van der Waals surface area contributed by atoms with E-state index < -0.39 is 35.3 Å². The fourth-order valence-corrected chi connectivity index (χ4v) is 4.27. The molecule has 2 aromatic rings. The molecule has 174 valence electrons. The van der Waals surface area contributed by atoms with E-state index in [2.05, 4.69) is 5.32 Å². The van der Waals surface area contributed by atoms with Crippen molar-refractivity contribution < 1.29 is 32.3 Å². The molecule has 0 atom stereocenters. The molecule has 0 bridgehead atoms. The predicted octanol–water partition coefficient (Wildman–Crippen LogP) is 6.09. The van der Waals surface area contributed by atoms with Crippen LogP contribution in [0.25, 0.3) is 6.08 Å². The van der Waals surface area contributed by atoms with Gasteiger partial charge in [-0.25, -0.2) is 0 Å². The van der Waals surface area contributed by atoms with Gasteiger partial charge in [0.1, 0.15) is 12.3 Å². The van der Waals surface area contributed by atoms with E-state index in [1.807, 2.05) is 0 Å². The molecule has 0 radical (unpaired) electrons. The zero-order chi connectivity index (χ0) is 24.3. The first-order valence-electron chi connectivity index (χ1n) is 9.34. The Balaban J connectivity index is 1.77. The molecule has 0 unspecified atom stereocenters. The second-order valence-electron chi connectivity index (χ2n) is 6.63. The minimum absolute atomic E-state index is 0.00570. The molecule has 1 N–H and O–H groups in total. The number of benzene rings is 2. The lowest BCUT2D eigenvalue weighted by Gasteiger charge is -2.14. The zero-order valence-corrected chi connectivity index (χ0v) is 19.2. The number of hydrogen-bond donors (Lipinski definition) is 1. The number of hydrogen-bond acceptors (Lipinski definition) is 5. The summed E-state index contributed by atoms with van der Waals surface area (Å²) in [6, 6.07) is 6.98. The first-order chi connectivity index (χ1) is 15.5. The summed E-state index contributed by atoms with van der Waals surface area (Å²) in [5, 5.41) is 2.05. The minimum Gasteiger partial charge on any atom is -0.492 e. The van der Waals surface area contributed by atoms with Gasteiger partial charge in [0.15, 0.2) is 0 Å². The predicted molar refractivity (Wildman–Crippen MR) is 120 cm³/mol. The number of amides is 3. The van der Waals surface area contributed by atoms with Gasteiger partial charge in [0.05, 0.1) is 22.1 Å². The molecule has 0 aliphatic carbocycles. The number of ether oxygens (including phenoxy) is 1. The third kappa shape index (κ3) is 6.01. The van der Waals surface area contributed by atoms with Crippen LogP contribution in [0.3, 0.4) is 0 Å². The largest absolute Gasteiger partial charge is 0.492 e. The Kier molecular flexibility index (Phi) is 7.61. The van der Waals surface area contributed by atoms with E-state index in [1.165, 1.54) is 24.3 Å². The summed E-state index contributed by atoms with van der Waals surface area (Å²) in [7, 11) is 0. The molecular formula is C21H15Cl2F3N2O4S. The molecule has 0 saturated carbocycles. The normalized spacial score (nSPS) is 15.3. The first kappa shape index (κ1) is 24.9. The Morgan fingerprint density at radius 2 is 1.94 bits per heavy atom. The lowest BCUT2D eigenvalue weighted by molar-refractivity contribution is -0.137. The van der Waals surface area contributed by atoms with Gasteiger partial charge in [-0.1, -0.05) is 29.3 Å². The maximum absolute atomic E-state index is 12.8. The molecule has 12 heteroatoms. The number of anilines is 1. The van der Waals surface area contributed by atoms with Gasteiger partial charge in [0, 0.05) is 16.3 Å². The third-order valence-electron chi connectivity index (χ3n) is 4.26. The number of nitrogens with zero attached hydrogens (tertiary/aromatic N) is 1. The average Bonchev–Trinajstić information content (AvgIpc) is 2.97. The van der Waals surface area contributed by atoms with Crippen molar-refractivity contribution in [3.63, 3.8) is 0 Å². The van der Waals surface area contributed by atoms with Crippen molar-refractivity contribution in [2.45, 2.75) is 13.1 Å². The van der Waals surface area contributed by atoms with Crippen molar-refractivity contribution in [3.8, 4) is 5.75 Å². The van der Waals surface area contributed by atoms with E-state index in [0.717, 1.165) is 18.2 Å². The van der Waals surface area contributed by atoms with E-state index >= 15 is 0 Å². The van der Waals surface area contributed by atoms with Crippen LogP contribution >= 0.6 is 35.0 Å². The van der Waals surface area contributed by atoms with Crippen molar-refractivity contribution >= 4 is 63.8 Å². The summed E-state index contributed by atoms with van der Waals surface area (Å²) in [5.41, 5.74) is -0.694. The quantitative estimate of drug-likeness (QED) is 0.468. The van der Waals surface area contributed by atoms with Crippen molar-refractivity contribution in [3.05, 3.63) is 62.5 Å². The Morgan fingerprint density at radius 1 is 1.21 bits per heavy atom. The number of alkyl halides is 3. The van der Waals surface area contributed by atoms with Crippen LogP contribution in [0.4, 0.5) is 23.7 Å². The van der Waals surface area contributed by atoms with E-state index in [4.69, 9.17) is 27.9 Å². The number of carbonyl (C=O) groups is 3. The maximum atomic E-state index is 12.8. The summed E-state index contributed by atoms with van der Waals surface area (Å²) in [5.74, 6) is -1.31. The monoisotopic (exact) mass is 518 g/mol. The lowest BCUT2D eigenvalue weighted by atomic mass is 10.1. The average molecular weight is 519 g/mol. The molecule has 3 amide bonds. The highest BCUT2D eigenvalue weighted by atomic mass is 35.5. The van der Waals surface area contributed by atoms with Crippen molar-refractivity contribution in [1.29, 1.82) is 0 Å². The Hall–Kier alpha value is -2.69. The molecular weight excluding hydrogens is 504 g/mol. The van der Waals surface area contributed by atoms with Crippen LogP contribution in [0.15, 0.2) is 41.3 Å². The Bertz CT molecular complexity index is 1150. The zero-order valence-electron chi connectivity index (χ0n) is 16.8. The molecule has 1 saturated heterocycles. The molecule has 0 aromatic heterocycles. The minimum atomic E-state index is -4.58. The molecule has 3 rings (SSSR count). The smallest absolute Gasteiger partial charge is 0.416 e. The van der Waals surface area contributed by atoms with E-state index in [-0.39, 0.29) is 26.4 Å². The molecule has 2 aromatic carbocycles. The molecule has 33 heavy (non-hydrogen) atoms. The van der Waals surface area contributed by atoms with E-state index in [1.54, 1.807) is 6.92 Å². The van der Waals surface area contributed by atoms with Gasteiger partial charge in [0.25, 0.3) is 11.1 Å². The van der Waals surface area contributed by atoms with Crippen LogP contribution in [0.2, 0.25) is 10.0 Å². The number of thioether (sulfide) groups is 1. The summed E-state index contributed by atoms with van der Waals surface area (Å²) in [6.07, 6.45) is -3.21. The molecule has 6 nitrogen and oxygen atoms in total. The van der Waals surface area contributed by atoms with Crippen LogP contribution in [0.1, 0.15) is 18.1 Å². The second kappa shape index (κ2) is 10.1. The molecule has 0 spiro atoms. The van der Waals surface area contributed by atoms with E-state index in [0.29, 0.717) is 28.8 Å². The number of halogens is 5. The number of carbonyl (C=O) groups excluding carboxylic acids is 3. The van der Waals surface area contributed by atoms with Crippen molar-refractivity contribution in [2.24, 2.45) is 0 Å². The molecule has 1 aliphatic heterocycles. The summed E-state index contributed by atoms with van der Waals surface area (Å²) >= 11 is 12.8. The number of imide groups is 1. The highest BCUT2D eigenvalue weighted by Gasteiger charge is 2.37. The van der Waals surface area contributed by atoms with Crippen molar-refractivity contribution in [2.75, 3.05) is 18.5 Å². The van der Waals surface area contributed by atoms with Crippen LogP contribution in [-0.4, -0.2) is 35.1 Å². The fraction of sp³-hybridized carbons (Fsp3) is 0.190. The number of rotatable bonds is 6. The van der Waals surface area contributed by atoms with Crippen LogP contribution < -0.4 is 10.1 Å². The van der Waals surface area contributed by atoms with Crippen molar-refractivity contribution in [1.82, 2.24) is 4.90 Å². The second-order valence-corrected chi connectivity index (χ2v) is 8.47. The van der Waals surface area contributed by atoms with Gasteiger partial charge in [0.2, 0.25) is 5.91 Å². The topological polar surface area (TPSA) is 75.7 Å². The van der Waals surface area contributed by atoms with Crippen LogP contribution in [-0.2, 0) is 15.8 Å². The fourth-order valence-electron chi connectivity index (χ4n) is 2.88. The lowest BCUT2D eigenvalue weighted by Crippen LogP contribution is -2.36. The van der Waals surface area contributed by atoms with Gasteiger partial charge >= 0.3 is 6.18 Å². The molecule has 1 fully saturated rings. The summed E-state index contributed by atoms with van der Waals surface area (Å²) < 4.78 is 44.0. The Labute approximate surface area is 200 Å². The standard InChI is InChI=1S/C21H15Cl2F3N2O4S/c1-2-32-18-11(6-13(22)9-15(18)23)7-16-19(30)28(20(31)33-16)10-17(29)27-14-5-3-4-12(8-14)21(24,25)26/h3-9H,2,10H2,1H3,(H,27,29)/b16-7-. The van der Waals surface area contributed by atoms with Crippen LogP contribution in [0, 0.1) is 0 Å². The summed E-state index contributed by atoms with van der Waals surface area (Å²) in [4.78, 5) is 38.0. The molecule has 1 heterocycles. The SMILES string of the molecule is CCOc1c(Cl)cc(Cl)cc1/C=C1\SC(=O)N(CC(=O)Nc2cccc(C(F)(F)F)c2)C1=O. The highest BCUT2D eigenvalue weighted by Crippen LogP contribution is 2.38.